The van der Waals surface area contributed by atoms with E-state index < -0.39 is 0 Å². The molecule has 2 aromatic rings. The molecule has 3 nitrogen and oxygen atoms in total. The lowest BCUT2D eigenvalue weighted by atomic mass is 9.84. The standard InChI is InChI=1S/C15H18ClN3/c1-11-13(16)18-10-19-14(11)17-9-15(2,3)12-7-5-4-6-8-12/h4-8,10H,9H2,1-3H3,(H,17,18,19). The minimum atomic E-state index is 0.0190. The summed E-state index contributed by atoms with van der Waals surface area (Å²) in [5.74, 6) is 0.795. The first kappa shape index (κ1) is 13.8. The van der Waals surface area contributed by atoms with Crippen molar-refractivity contribution in [3.8, 4) is 0 Å². The number of rotatable bonds is 4. The van der Waals surface area contributed by atoms with Crippen LogP contribution in [0.1, 0.15) is 25.0 Å². The van der Waals surface area contributed by atoms with E-state index >= 15 is 0 Å². The maximum absolute atomic E-state index is 5.99. The van der Waals surface area contributed by atoms with Crippen molar-refractivity contribution in [1.82, 2.24) is 9.97 Å². The van der Waals surface area contributed by atoms with Gasteiger partial charge in [-0.05, 0) is 12.5 Å². The molecule has 4 heteroatoms. The summed E-state index contributed by atoms with van der Waals surface area (Å²) in [5, 5.41) is 3.85. The van der Waals surface area contributed by atoms with Crippen molar-refractivity contribution in [2.75, 3.05) is 11.9 Å². The predicted octanol–water partition coefficient (Wildman–Crippen LogP) is 3.83. The molecule has 0 amide bonds. The summed E-state index contributed by atoms with van der Waals surface area (Å²) < 4.78 is 0. The highest BCUT2D eigenvalue weighted by Gasteiger charge is 2.20. The minimum absolute atomic E-state index is 0.0190. The lowest BCUT2D eigenvalue weighted by Gasteiger charge is -2.26. The Morgan fingerprint density at radius 3 is 2.53 bits per heavy atom. The van der Waals surface area contributed by atoms with Gasteiger partial charge in [0.25, 0.3) is 0 Å². The highest BCUT2D eigenvalue weighted by molar-refractivity contribution is 6.30. The second-order valence-electron chi connectivity index (χ2n) is 5.24. The zero-order valence-electron chi connectivity index (χ0n) is 11.4. The normalized spacial score (nSPS) is 11.4. The third-order valence-corrected chi connectivity index (χ3v) is 3.66. The third-order valence-electron chi connectivity index (χ3n) is 3.28. The highest BCUT2D eigenvalue weighted by Crippen LogP contribution is 2.24. The molecule has 100 valence electrons. The Bertz CT molecular complexity index is 553. The van der Waals surface area contributed by atoms with Crippen molar-refractivity contribution >= 4 is 17.4 Å². The molecule has 0 saturated carbocycles. The van der Waals surface area contributed by atoms with Gasteiger partial charge in [-0.15, -0.1) is 0 Å². The first-order valence-electron chi connectivity index (χ1n) is 6.27. The number of nitrogens with zero attached hydrogens (tertiary/aromatic N) is 2. The number of nitrogens with one attached hydrogen (secondary N) is 1. The monoisotopic (exact) mass is 275 g/mol. The fourth-order valence-corrected chi connectivity index (χ4v) is 2.04. The summed E-state index contributed by atoms with van der Waals surface area (Å²) in [5.41, 5.74) is 2.19. The highest BCUT2D eigenvalue weighted by atomic mass is 35.5. The van der Waals surface area contributed by atoms with Crippen LogP contribution < -0.4 is 5.32 Å². The van der Waals surface area contributed by atoms with Gasteiger partial charge in [0.05, 0.1) is 0 Å². The molecule has 0 bridgehead atoms. The van der Waals surface area contributed by atoms with E-state index in [1.54, 1.807) is 0 Å². The molecule has 0 fully saturated rings. The van der Waals surface area contributed by atoms with E-state index in [1.165, 1.54) is 11.9 Å². The molecule has 0 atom stereocenters. The fourth-order valence-electron chi connectivity index (χ4n) is 1.90. The van der Waals surface area contributed by atoms with E-state index in [9.17, 15) is 0 Å². The van der Waals surface area contributed by atoms with Crippen LogP contribution in [-0.2, 0) is 5.41 Å². The zero-order chi connectivity index (χ0) is 13.9. The van der Waals surface area contributed by atoms with Crippen LogP contribution in [0.5, 0.6) is 0 Å². The maximum Gasteiger partial charge on any atom is 0.137 e. The molecule has 0 unspecified atom stereocenters. The summed E-state index contributed by atoms with van der Waals surface area (Å²) in [6.45, 7) is 7.10. The van der Waals surface area contributed by atoms with Crippen LogP contribution in [0.2, 0.25) is 5.15 Å². The van der Waals surface area contributed by atoms with Gasteiger partial charge in [0.1, 0.15) is 17.3 Å². The SMILES string of the molecule is Cc1c(Cl)ncnc1NCC(C)(C)c1ccccc1. The quantitative estimate of drug-likeness (QED) is 0.862. The van der Waals surface area contributed by atoms with Gasteiger partial charge in [-0.1, -0.05) is 55.8 Å². The number of hydrogen-bond donors (Lipinski definition) is 1. The lowest BCUT2D eigenvalue weighted by molar-refractivity contribution is 0.556. The smallest absolute Gasteiger partial charge is 0.137 e. The van der Waals surface area contributed by atoms with Gasteiger partial charge in [-0.3, -0.25) is 0 Å². The van der Waals surface area contributed by atoms with Crippen LogP contribution in [-0.4, -0.2) is 16.5 Å². The Morgan fingerprint density at radius 2 is 1.84 bits per heavy atom. The van der Waals surface area contributed by atoms with Gasteiger partial charge in [-0.25, -0.2) is 9.97 Å². The topological polar surface area (TPSA) is 37.8 Å². The fraction of sp³-hybridized carbons (Fsp3) is 0.333. The Labute approximate surface area is 119 Å². The van der Waals surface area contributed by atoms with Crippen LogP contribution in [0.25, 0.3) is 0 Å². The summed E-state index contributed by atoms with van der Waals surface area (Å²) in [4.78, 5) is 8.19. The van der Waals surface area contributed by atoms with Crippen molar-refractivity contribution in [3.63, 3.8) is 0 Å². The van der Waals surface area contributed by atoms with Gasteiger partial charge >= 0.3 is 0 Å². The Morgan fingerprint density at radius 1 is 1.16 bits per heavy atom. The molecule has 0 aliphatic rings. The summed E-state index contributed by atoms with van der Waals surface area (Å²) in [7, 11) is 0. The predicted molar refractivity (Wildman–Crippen MR) is 79.7 cm³/mol. The molecule has 1 aromatic heterocycles. The average Bonchev–Trinajstić information content (AvgIpc) is 2.41. The minimum Gasteiger partial charge on any atom is -0.369 e. The van der Waals surface area contributed by atoms with Crippen molar-refractivity contribution in [1.29, 1.82) is 0 Å². The van der Waals surface area contributed by atoms with Crippen LogP contribution in [0.3, 0.4) is 0 Å². The molecular formula is C15H18ClN3. The molecule has 1 aromatic carbocycles. The van der Waals surface area contributed by atoms with E-state index in [4.69, 9.17) is 11.6 Å². The van der Waals surface area contributed by atoms with Gasteiger partial charge < -0.3 is 5.32 Å². The van der Waals surface area contributed by atoms with E-state index in [2.05, 4.69) is 53.4 Å². The van der Waals surface area contributed by atoms with E-state index in [0.29, 0.717) is 5.15 Å². The first-order valence-corrected chi connectivity index (χ1v) is 6.65. The molecular weight excluding hydrogens is 258 g/mol. The average molecular weight is 276 g/mol. The second kappa shape index (κ2) is 5.57. The van der Waals surface area contributed by atoms with Crippen LogP contribution in [0.4, 0.5) is 5.82 Å². The molecule has 0 aliphatic heterocycles. The molecule has 0 saturated heterocycles. The Kier molecular flexibility index (Phi) is 4.05. The van der Waals surface area contributed by atoms with Crippen LogP contribution >= 0.6 is 11.6 Å². The number of aromatic nitrogens is 2. The number of halogens is 1. The maximum atomic E-state index is 5.99. The number of benzene rings is 1. The van der Waals surface area contributed by atoms with Gasteiger partial charge in [0.15, 0.2) is 0 Å². The van der Waals surface area contributed by atoms with Crippen LogP contribution in [0.15, 0.2) is 36.7 Å². The molecule has 0 radical (unpaired) electrons. The molecule has 19 heavy (non-hydrogen) atoms. The zero-order valence-corrected chi connectivity index (χ0v) is 12.2. The molecule has 0 spiro atoms. The van der Waals surface area contributed by atoms with Crippen molar-refractivity contribution in [2.45, 2.75) is 26.2 Å². The van der Waals surface area contributed by atoms with Crippen molar-refractivity contribution in [2.24, 2.45) is 0 Å². The molecule has 1 heterocycles. The molecule has 0 aliphatic carbocycles. The second-order valence-corrected chi connectivity index (χ2v) is 5.60. The molecule has 2 rings (SSSR count). The number of hydrogen-bond acceptors (Lipinski definition) is 3. The Balaban J connectivity index is 2.12. The lowest BCUT2D eigenvalue weighted by Crippen LogP contribution is -2.28. The number of anilines is 1. The van der Waals surface area contributed by atoms with Crippen molar-refractivity contribution < 1.29 is 0 Å². The van der Waals surface area contributed by atoms with Crippen molar-refractivity contribution in [3.05, 3.63) is 52.9 Å². The van der Waals surface area contributed by atoms with Crippen LogP contribution in [0, 0.1) is 6.92 Å². The summed E-state index contributed by atoms with van der Waals surface area (Å²) >= 11 is 5.99. The van der Waals surface area contributed by atoms with E-state index in [1.807, 2.05) is 13.0 Å². The molecule has 1 N–H and O–H groups in total. The van der Waals surface area contributed by atoms with Gasteiger partial charge in [0.2, 0.25) is 0 Å². The van der Waals surface area contributed by atoms with E-state index in [-0.39, 0.29) is 5.41 Å². The Hall–Kier alpha value is -1.61. The summed E-state index contributed by atoms with van der Waals surface area (Å²) in [6, 6.07) is 10.4. The van der Waals surface area contributed by atoms with Gasteiger partial charge in [0, 0.05) is 17.5 Å². The first-order chi connectivity index (χ1) is 9.00. The third kappa shape index (κ3) is 3.24. The largest absolute Gasteiger partial charge is 0.369 e. The van der Waals surface area contributed by atoms with Gasteiger partial charge in [-0.2, -0.15) is 0 Å². The summed E-state index contributed by atoms with van der Waals surface area (Å²) in [6.07, 6.45) is 1.48. The van der Waals surface area contributed by atoms with E-state index in [0.717, 1.165) is 17.9 Å².